The van der Waals surface area contributed by atoms with E-state index in [1.165, 1.54) is 6.33 Å². The van der Waals surface area contributed by atoms with Gasteiger partial charge in [0, 0.05) is 33.2 Å². The minimum absolute atomic E-state index is 0.450. The van der Waals surface area contributed by atoms with Gasteiger partial charge in [0.15, 0.2) is 11.0 Å². The third-order valence-corrected chi connectivity index (χ3v) is 4.42. The molecule has 124 valence electrons. The fourth-order valence-corrected chi connectivity index (χ4v) is 2.95. The number of piperazine rings is 1. The Hall–Kier alpha value is -1.86. The van der Waals surface area contributed by atoms with Gasteiger partial charge in [-0.3, -0.25) is 4.90 Å². The van der Waals surface area contributed by atoms with E-state index in [1.807, 2.05) is 20.9 Å². The van der Waals surface area contributed by atoms with Gasteiger partial charge in [-0.05, 0) is 13.8 Å². The smallest absolute Gasteiger partial charge is 0.208 e. The summed E-state index contributed by atoms with van der Waals surface area (Å²) in [4.78, 5) is 17.4. The van der Waals surface area contributed by atoms with Crippen LogP contribution in [-0.4, -0.2) is 53.1 Å². The van der Waals surface area contributed by atoms with Crippen molar-refractivity contribution < 1.29 is 4.42 Å². The first-order valence-corrected chi connectivity index (χ1v) is 8.04. The molecule has 2 aromatic heterocycles. The fraction of sp³-hybridized carbons (Fsp3) is 0.533. The lowest BCUT2D eigenvalue weighted by atomic mass is 10.3. The van der Waals surface area contributed by atoms with Gasteiger partial charge in [0.2, 0.25) is 5.89 Å². The Bertz CT molecular complexity index is 661. The van der Waals surface area contributed by atoms with Crippen molar-refractivity contribution in [3.8, 4) is 0 Å². The lowest BCUT2D eigenvalue weighted by molar-refractivity contribution is 0.224. The zero-order chi connectivity index (χ0) is 16.4. The molecular weight excluding hydrogens is 316 g/mol. The summed E-state index contributed by atoms with van der Waals surface area (Å²) >= 11 is 6.13. The standard InChI is InChI=1S/C15H21ClN6O/c1-10-11(2)23-12(20-10)8-21-4-6-22(7-5-21)15-13(17-3)14(16)18-9-19-15/h9,17H,4-8H2,1-3H3. The highest BCUT2D eigenvalue weighted by Crippen LogP contribution is 2.29. The third-order valence-electron chi connectivity index (χ3n) is 4.13. The van der Waals surface area contributed by atoms with Crippen LogP contribution in [0.1, 0.15) is 17.3 Å². The van der Waals surface area contributed by atoms with Gasteiger partial charge in [-0.15, -0.1) is 0 Å². The molecule has 0 aliphatic carbocycles. The van der Waals surface area contributed by atoms with E-state index in [-0.39, 0.29) is 0 Å². The highest BCUT2D eigenvalue weighted by Gasteiger charge is 2.22. The largest absolute Gasteiger partial charge is 0.444 e. The normalized spacial score (nSPS) is 15.9. The zero-order valence-electron chi connectivity index (χ0n) is 13.6. The molecule has 8 heteroatoms. The Balaban J connectivity index is 1.63. The number of aromatic nitrogens is 3. The Morgan fingerprint density at radius 3 is 2.57 bits per heavy atom. The lowest BCUT2D eigenvalue weighted by Crippen LogP contribution is -2.46. The highest BCUT2D eigenvalue weighted by molar-refractivity contribution is 6.32. The highest BCUT2D eigenvalue weighted by atomic mass is 35.5. The maximum atomic E-state index is 6.13. The maximum absolute atomic E-state index is 6.13. The molecule has 0 unspecified atom stereocenters. The molecule has 1 fully saturated rings. The van der Waals surface area contributed by atoms with Crippen LogP contribution >= 0.6 is 11.6 Å². The van der Waals surface area contributed by atoms with E-state index in [4.69, 9.17) is 16.0 Å². The average molecular weight is 337 g/mol. The van der Waals surface area contributed by atoms with Gasteiger partial charge in [0.1, 0.15) is 17.8 Å². The molecule has 0 radical (unpaired) electrons. The summed E-state index contributed by atoms with van der Waals surface area (Å²) in [7, 11) is 1.83. The summed E-state index contributed by atoms with van der Waals surface area (Å²) in [5, 5.41) is 3.53. The molecule has 0 spiro atoms. The molecule has 3 heterocycles. The van der Waals surface area contributed by atoms with E-state index < -0.39 is 0 Å². The first-order valence-electron chi connectivity index (χ1n) is 7.67. The number of anilines is 2. The summed E-state index contributed by atoms with van der Waals surface area (Å²) in [5.41, 5.74) is 1.74. The van der Waals surface area contributed by atoms with Gasteiger partial charge >= 0.3 is 0 Å². The Kier molecular flexibility index (Phi) is 4.68. The van der Waals surface area contributed by atoms with E-state index in [0.29, 0.717) is 5.15 Å². The van der Waals surface area contributed by atoms with Crippen molar-refractivity contribution in [3.05, 3.63) is 28.8 Å². The number of nitrogens with zero attached hydrogens (tertiary/aromatic N) is 5. The van der Waals surface area contributed by atoms with Crippen molar-refractivity contribution in [2.24, 2.45) is 0 Å². The minimum atomic E-state index is 0.450. The molecule has 0 bridgehead atoms. The van der Waals surface area contributed by atoms with Crippen molar-refractivity contribution in [1.29, 1.82) is 0 Å². The van der Waals surface area contributed by atoms with Crippen molar-refractivity contribution in [3.63, 3.8) is 0 Å². The van der Waals surface area contributed by atoms with Crippen LogP contribution in [0.25, 0.3) is 0 Å². The number of oxazole rings is 1. The second kappa shape index (κ2) is 6.72. The molecule has 7 nitrogen and oxygen atoms in total. The second-order valence-electron chi connectivity index (χ2n) is 5.63. The molecular formula is C15H21ClN6O. The first kappa shape index (κ1) is 16.0. The van der Waals surface area contributed by atoms with Crippen LogP contribution in [0.4, 0.5) is 11.5 Å². The summed E-state index contributed by atoms with van der Waals surface area (Å²) in [5.74, 6) is 2.54. The van der Waals surface area contributed by atoms with Crippen molar-refractivity contribution >= 4 is 23.1 Å². The van der Waals surface area contributed by atoms with E-state index in [1.54, 1.807) is 0 Å². The Morgan fingerprint density at radius 2 is 1.96 bits per heavy atom. The van der Waals surface area contributed by atoms with E-state index in [2.05, 4.69) is 30.1 Å². The molecule has 2 aromatic rings. The lowest BCUT2D eigenvalue weighted by Gasteiger charge is -2.35. The maximum Gasteiger partial charge on any atom is 0.208 e. The topological polar surface area (TPSA) is 70.3 Å². The quantitative estimate of drug-likeness (QED) is 0.857. The van der Waals surface area contributed by atoms with Crippen LogP contribution in [0.2, 0.25) is 5.15 Å². The van der Waals surface area contributed by atoms with Crippen LogP contribution in [0, 0.1) is 13.8 Å². The first-order chi connectivity index (χ1) is 11.1. The molecule has 0 aromatic carbocycles. The molecule has 23 heavy (non-hydrogen) atoms. The number of aryl methyl sites for hydroxylation is 2. The Morgan fingerprint density at radius 1 is 1.22 bits per heavy atom. The summed E-state index contributed by atoms with van der Waals surface area (Å²) in [6.07, 6.45) is 1.50. The minimum Gasteiger partial charge on any atom is -0.444 e. The molecule has 3 rings (SSSR count). The van der Waals surface area contributed by atoms with Crippen molar-refractivity contribution in [2.75, 3.05) is 43.4 Å². The van der Waals surface area contributed by atoms with Gasteiger partial charge < -0.3 is 14.6 Å². The molecule has 1 aliphatic heterocycles. The number of halogens is 1. The number of hydrogen-bond acceptors (Lipinski definition) is 7. The number of rotatable bonds is 4. The monoisotopic (exact) mass is 336 g/mol. The van der Waals surface area contributed by atoms with E-state index in [0.717, 1.165) is 61.6 Å². The van der Waals surface area contributed by atoms with Crippen molar-refractivity contribution in [2.45, 2.75) is 20.4 Å². The van der Waals surface area contributed by atoms with E-state index >= 15 is 0 Å². The molecule has 0 atom stereocenters. The van der Waals surface area contributed by atoms with Gasteiger partial charge in [0.05, 0.1) is 12.2 Å². The van der Waals surface area contributed by atoms with Gasteiger partial charge in [0.25, 0.3) is 0 Å². The molecule has 1 saturated heterocycles. The third kappa shape index (κ3) is 3.40. The molecule has 1 N–H and O–H groups in total. The van der Waals surface area contributed by atoms with Crippen LogP contribution in [0.3, 0.4) is 0 Å². The van der Waals surface area contributed by atoms with E-state index in [9.17, 15) is 0 Å². The summed E-state index contributed by atoms with van der Waals surface area (Å²) in [6.45, 7) is 8.25. The SMILES string of the molecule is CNc1c(Cl)ncnc1N1CCN(Cc2nc(C)c(C)o2)CC1. The van der Waals surface area contributed by atoms with Gasteiger partial charge in [-0.2, -0.15) is 0 Å². The zero-order valence-corrected chi connectivity index (χ0v) is 14.4. The summed E-state index contributed by atoms with van der Waals surface area (Å²) in [6, 6.07) is 0. The average Bonchev–Trinajstić information content (AvgIpc) is 2.85. The predicted octanol–water partition coefficient (Wildman–Crippen LogP) is 2.10. The van der Waals surface area contributed by atoms with Crippen molar-refractivity contribution in [1.82, 2.24) is 19.9 Å². The van der Waals surface area contributed by atoms with Gasteiger partial charge in [-0.25, -0.2) is 15.0 Å². The number of nitrogens with one attached hydrogen (secondary N) is 1. The van der Waals surface area contributed by atoms with Crippen LogP contribution < -0.4 is 10.2 Å². The second-order valence-corrected chi connectivity index (χ2v) is 5.98. The molecule has 0 amide bonds. The van der Waals surface area contributed by atoms with Crippen LogP contribution in [0.15, 0.2) is 10.7 Å². The summed E-state index contributed by atoms with van der Waals surface area (Å²) < 4.78 is 5.67. The van der Waals surface area contributed by atoms with Crippen LogP contribution in [-0.2, 0) is 6.54 Å². The van der Waals surface area contributed by atoms with Crippen LogP contribution in [0.5, 0.6) is 0 Å². The Labute approximate surface area is 140 Å². The predicted molar refractivity (Wildman–Crippen MR) is 90.1 cm³/mol. The van der Waals surface area contributed by atoms with Gasteiger partial charge in [-0.1, -0.05) is 11.6 Å². The number of hydrogen-bond donors (Lipinski definition) is 1. The molecule has 0 saturated carbocycles. The molecule has 1 aliphatic rings. The fourth-order valence-electron chi connectivity index (χ4n) is 2.73.